The van der Waals surface area contributed by atoms with Crippen molar-refractivity contribution in [2.45, 2.75) is 17.2 Å². The number of rotatable bonds is 4. The Bertz CT molecular complexity index is 1230. The number of amides is 1. The lowest BCUT2D eigenvalue weighted by molar-refractivity contribution is -0.137. The third-order valence-electron chi connectivity index (χ3n) is 4.62. The van der Waals surface area contributed by atoms with Gasteiger partial charge in [-0.2, -0.15) is 18.3 Å². The summed E-state index contributed by atoms with van der Waals surface area (Å²) in [5.74, 6) is -0.664. The molecule has 0 unspecified atom stereocenters. The number of anilines is 2. The predicted octanol–water partition coefficient (Wildman–Crippen LogP) is 2.22. The summed E-state index contributed by atoms with van der Waals surface area (Å²) in [4.78, 5) is 17.9. The van der Waals surface area contributed by atoms with E-state index in [-0.39, 0.29) is 28.5 Å². The Labute approximate surface area is 174 Å². The Morgan fingerprint density at radius 3 is 2.45 bits per heavy atom. The molecule has 0 aliphatic carbocycles. The normalized spacial score (nSPS) is 16.8. The van der Waals surface area contributed by atoms with E-state index in [2.05, 4.69) is 14.8 Å². The van der Waals surface area contributed by atoms with Crippen molar-refractivity contribution in [3.8, 4) is 0 Å². The lowest BCUT2D eigenvalue weighted by Crippen LogP contribution is -2.46. The molecular weight excluding hydrogens is 437 g/mol. The average molecular weight is 452 g/mol. The van der Waals surface area contributed by atoms with Gasteiger partial charge in [-0.1, -0.05) is 0 Å². The molecule has 0 spiro atoms. The highest BCUT2D eigenvalue weighted by Gasteiger charge is 2.36. The molecule has 3 heterocycles. The van der Waals surface area contributed by atoms with Crippen LogP contribution < -0.4 is 15.4 Å². The number of hydrogen-bond acceptors (Lipinski definition) is 6. The second-order valence-corrected chi connectivity index (χ2v) is 8.36. The van der Waals surface area contributed by atoms with E-state index in [0.717, 1.165) is 36.7 Å². The molecular formula is C18H15F3N6O3S. The molecule has 3 aromatic rings. The van der Waals surface area contributed by atoms with Crippen molar-refractivity contribution in [3.05, 3.63) is 66.2 Å². The molecule has 4 rings (SSSR count). The largest absolute Gasteiger partial charge is 0.416 e. The topological polar surface area (TPSA) is 123 Å². The number of hydrogen-bond donors (Lipinski definition) is 2. The standard InChI is InChI=1S/C18H15F3N6O3S/c19-18(20,21)11-3-5-12(6-4-11)26-10-15(22)27-16(17(26)28)14(9-24-27)25-31(29,30)13-2-1-7-23-8-13/h1-9,15,25H,10,22H2/t15-/m1/s1. The second kappa shape index (κ2) is 7.35. The van der Waals surface area contributed by atoms with Crippen molar-refractivity contribution in [1.82, 2.24) is 14.8 Å². The molecule has 0 saturated heterocycles. The molecule has 1 aliphatic heterocycles. The zero-order chi connectivity index (χ0) is 22.4. The SMILES string of the molecule is N[C@H]1CN(c2ccc(C(F)(F)F)cc2)C(=O)c2c(NS(=O)(=O)c3cccnc3)cnn21. The van der Waals surface area contributed by atoms with Crippen LogP contribution in [0.15, 0.2) is 59.9 Å². The monoisotopic (exact) mass is 452 g/mol. The van der Waals surface area contributed by atoms with E-state index >= 15 is 0 Å². The molecule has 0 bridgehead atoms. The number of benzene rings is 1. The van der Waals surface area contributed by atoms with Gasteiger partial charge >= 0.3 is 6.18 Å². The molecule has 3 N–H and O–H groups in total. The Kier molecular flexibility index (Phi) is 4.94. The number of nitrogens with one attached hydrogen (secondary N) is 1. The minimum absolute atomic E-state index is 0.0618. The van der Waals surface area contributed by atoms with E-state index in [0.29, 0.717) is 0 Å². The Hall–Kier alpha value is -3.45. The highest BCUT2D eigenvalue weighted by Crippen LogP contribution is 2.33. The number of carbonyl (C=O) groups excluding carboxylic acids is 1. The van der Waals surface area contributed by atoms with Crippen LogP contribution >= 0.6 is 0 Å². The smallest absolute Gasteiger partial charge is 0.308 e. The van der Waals surface area contributed by atoms with Gasteiger partial charge in [0.25, 0.3) is 15.9 Å². The zero-order valence-electron chi connectivity index (χ0n) is 15.6. The number of sulfonamides is 1. The quantitative estimate of drug-likeness (QED) is 0.626. The van der Waals surface area contributed by atoms with Crippen molar-refractivity contribution >= 4 is 27.3 Å². The minimum Gasteiger partial charge on any atom is -0.308 e. The Morgan fingerprint density at radius 1 is 1.13 bits per heavy atom. The lowest BCUT2D eigenvalue weighted by atomic mass is 10.1. The number of fused-ring (bicyclic) bond motifs is 1. The van der Waals surface area contributed by atoms with Crippen LogP contribution in [0.5, 0.6) is 0 Å². The fourth-order valence-electron chi connectivity index (χ4n) is 3.14. The van der Waals surface area contributed by atoms with Gasteiger partial charge in [0.2, 0.25) is 0 Å². The van der Waals surface area contributed by atoms with Gasteiger partial charge in [-0.05, 0) is 36.4 Å². The lowest BCUT2D eigenvalue weighted by Gasteiger charge is -2.32. The molecule has 0 radical (unpaired) electrons. The molecule has 1 aromatic carbocycles. The van der Waals surface area contributed by atoms with Gasteiger partial charge in [0, 0.05) is 18.1 Å². The van der Waals surface area contributed by atoms with Crippen molar-refractivity contribution in [3.63, 3.8) is 0 Å². The van der Waals surface area contributed by atoms with Gasteiger partial charge in [-0.25, -0.2) is 13.1 Å². The number of nitrogens with zero attached hydrogens (tertiary/aromatic N) is 4. The fourth-order valence-corrected chi connectivity index (χ4v) is 4.15. The van der Waals surface area contributed by atoms with E-state index in [9.17, 15) is 26.4 Å². The van der Waals surface area contributed by atoms with Crippen molar-refractivity contribution in [2.24, 2.45) is 5.73 Å². The van der Waals surface area contributed by atoms with Crippen LogP contribution in [0.4, 0.5) is 24.5 Å². The van der Waals surface area contributed by atoms with E-state index in [1.165, 1.54) is 27.9 Å². The number of carbonyl (C=O) groups is 1. The minimum atomic E-state index is -4.52. The molecule has 2 aromatic heterocycles. The number of alkyl halides is 3. The summed E-state index contributed by atoms with van der Waals surface area (Å²) >= 11 is 0. The summed E-state index contributed by atoms with van der Waals surface area (Å²) in [6.45, 7) is -0.0618. The van der Waals surface area contributed by atoms with E-state index in [1.54, 1.807) is 0 Å². The van der Waals surface area contributed by atoms with Gasteiger partial charge in [-0.3, -0.25) is 14.5 Å². The van der Waals surface area contributed by atoms with Crippen molar-refractivity contribution < 1.29 is 26.4 Å². The number of nitrogens with two attached hydrogens (primary N) is 1. The summed E-state index contributed by atoms with van der Waals surface area (Å²) in [7, 11) is -4.06. The average Bonchev–Trinajstić information content (AvgIpc) is 3.15. The van der Waals surface area contributed by atoms with Crippen LogP contribution in [0.3, 0.4) is 0 Å². The molecule has 162 valence electrons. The van der Waals surface area contributed by atoms with Crippen LogP contribution in [0, 0.1) is 0 Å². The van der Waals surface area contributed by atoms with Crippen LogP contribution in [0.1, 0.15) is 22.2 Å². The molecule has 0 saturated carbocycles. The number of halogens is 3. The molecule has 1 atom stereocenters. The first-order valence-corrected chi connectivity index (χ1v) is 10.3. The molecule has 31 heavy (non-hydrogen) atoms. The first kappa shape index (κ1) is 20.8. The maximum Gasteiger partial charge on any atom is 0.416 e. The first-order valence-electron chi connectivity index (χ1n) is 8.83. The van der Waals surface area contributed by atoms with Crippen LogP contribution in [0.2, 0.25) is 0 Å². The van der Waals surface area contributed by atoms with E-state index in [1.807, 2.05) is 0 Å². The maximum atomic E-state index is 13.1. The zero-order valence-corrected chi connectivity index (χ0v) is 16.4. The van der Waals surface area contributed by atoms with Gasteiger partial charge < -0.3 is 10.6 Å². The number of pyridine rings is 1. The summed E-state index contributed by atoms with van der Waals surface area (Å²) in [6, 6.07) is 6.78. The van der Waals surface area contributed by atoms with Crippen LogP contribution in [0.25, 0.3) is 0 Å². The molecule has 9 nitrogen and oxygen atoms in total. The fraction of sp³-hybridized carbons (Fsp3) is 0.167. The van der Waals surface area contributed by atoms with E-state index in [4.69, 9.17) is 5.73 Å². The molecule has 0 fully saturated rings. The third-order valence-corrected chi connectivity index (χ3v) is 5.97. The molecule has 1 amide bonds. The van der Waals surface area contributed by atoms with Gasteiger partial charge in [0.05, 0.1) is 24.0 Å². The Balaban J connectivity index is 1.68. The van der Waals surface area contributed by atoms with Crippen molar-refractivity contribution in [2.75, 3.05) is 16.2 Å². The highest BCUT2D eigenvalue weighted by atomic mass is 32.2. The molecule has 13 heteroatoms. The summed E-state index contributed by atoms with van der Waals surface area (Å²) in [5, 5.41) is 3.99. The van der Waals surface area contributed by atoms with Gasteiger partial charge in [0.15, 0.2) is 5.69 Å². The second-order valence-electron chi connectivity index (χ2n) is 6.67. The van der Waals surface area contributed by atoms with Gasteiger partial charge in [-0.15, -0.1) is 0 Å². The summed E-state index contributed by atoms with van der Waals surface area (Å²) in [6.07, 6.45) is -1.66. The maximum absolute atomic E-state index is 13.1. The van der Waals surface area contributed by atoms with Crippen LogP contribution in [-0.4, -0.2) is 35.6 Å². The highest BCUT2D eigenvalue weighted by molar-refractivity contribution is 7.92. The molecule has 1 aliphatic rings. The Morgan fingerprint density at radius 2 is 1.84 bits per heavy atom. The van der Waals surface area contributed by atoms with Gasteiger partial charge in [0.1, 0.15) is 11.1 Å². The first-order chi connectivity index (χ1) is 14.6. The van der Waals surface area contributed by atoms with Crippen molar-refractivity contribution in [1.29, 1.82) is 0 Å². The predicted molar refractivity (Wildman–Crippen MR) is 104 cm³/mol. The summed E-state index contributed by atoms with van der Waals surface area (Å²) < 4.78 is 67.1. The van der Waals surface area contributed by atoms with E-state index < -0.39 is 33.8 Å². The van der Waals surface area contributed by atoms with Crippen LogP contribution in [-0.2, 0) is 16.2 Å². The summed E-state index contributed by atoms with van der Waals surface area (Å²) in [5.41, 5.74) is 5.14. The third kappa shape index (κ3) is 3.84. The number of aromatic nitrogens is 3.